The zero-order valence-corrected chi connectivity index (χ0v) is 13.1. The Kier molecular flexibility index (Phi) is 3.85. The van der Waals surface area contributed by atoms with Gasteiger partial charge in [-0.2, -0.15) is 0 Å². The second kappa shape index (κ2) is 5.62. The third-order valence-corrected chi connectivity index (χ3v) is 4.88. The predicted molar refractivity (Wildman–Crippen MR) is 83.0 cm³/mol. The number of aromatic nitrogens is 1. The van der Waals surface area contributed by atoms with E-state index in [0.29, 0.717) is 10.6 Å². The molecule has 1 aromatic heterocycles. The van der Waals surface area contributed by atoms with Crippen LogP contribution in [0.1, 0.15) is 34.9 Å². The zero-order valence-electron chi connectivity index (χ0n) is 10.8. The van der Waals surface area contributed by atoms with Crippen LogP contribution in [0.25, 0.3) is 0 Å². The Morgan fingerprint density at radius 3 is 2.95 bits per heavy atom. The molecule has 20 heavy (non-hydrogen) atoms. The first-order chi connectivity index (χ1) is 9.66. The molecule has 2 heterocycles. The summed E-state index contributed by atoms with van der Waals surface area (Å²) in [6.07, 6.45) is 3.93. The SMILES string of the molecule is O=C(c1ccc(Cl)c(Br)c1)N1CCCC1c1ccc[nH]1. The van der Waals surface area contributed by atoms with Crippen molar-refractivity contribution in [2.75, 3.05) is 6.54 Å². The van der Waals surface area contributed by atoms with E-state index >= 15 is 0 Å². The van der Waals surface area contributed by atoms with Gasteiger partial charge >= 0.3 is 0 Å². The standard InChI is InChI=1S/C15H14BrClN2O/c16-11-9-10(5-6-12(11)17)15(20)19-8-2-4-14(19)13-3-1-7-18-13/h1,3,5-7,9,14,18H,2,4,8H2. The lowest BCUT2D eigenvalue weighted by Gasteiger charge is -2.24. The summed E-state index contributed by atoms with van der Waals surface area (Å²) in [7, 11) is 0. The van der Waals surface area contributed by atoms with Crippen LogP contribution in [0.4, 0.5) is 0 Å². The van der Waals surface area contributed by atoms with Crippen molar-refractivity contribution in [1.82, 2.24) is 9.88 Å². The van der Waals surface area contributed by atoms with Crippen molar-refractivity contribution < 1.29 is 4.79 Å². The molecule has 0 saturated carbocycles. The molecule has 1 atom stereocenters. The number of carbonyl (C=O) groups excluding carboxylic acids is 1. The van der Waals surface area contributed by atoms with E-state index in [2.05, 4.69) is 20.9 Å². The van der Waals surface area contributed by atoms with Gasteiger partial charge in [0.1, 0.15) is 0 Å². The number of H-pyrrole nitrogens is 1. The minimum atomic E-state index is 0.0551. The Labute approximate surface area is 131 Å². The summed E-state index contributed by atoms with van der Waals surface area (Å²) in [5.74, 6) is 0.0551. The molecule has 3 nitrogen and oxygen atoms in total. The summed E-state index contributed by atoms with van der Waals surface area (Å²) in [5, 5.41) is 0.615. The number of benzene rings is 1. The number of nitrogens with zero attached hydrogens (tertiary/aromatic N) is 1. The van der Waals surface area contributed by atoms with Gasteiger partial charge < -0.3 is 9.88 Å². The number of hydrogen-bond donors (Lipinski definition) is 1. The average Bonchev–Trinajstić information content (AvgIpc) is 3.10. The van der Waals surface area contributed by atoms with Gasteiger partial charge in [0.05, 0.1) is 11.1 Å². The fourth-order valence-electron chi connectivity index (χ4n) is 2.68. The Bertz CT molecular complexity index is 627. The van der Waals surface area contributed by atoms with E-state index in [4.69, 9.17) is 11.6 Å². The van der Waals surface area contributed by atoms with Gasteiger partial charge in [0.2, 0.25) is 0 Å². The monoisotopic (exact) mass is 352 g/mol. The normalized spacial score (nSPS) is 18.5. The van der Waals surface area contributed by atoms with Crippen LogP contribution in [-0.2, 0) is 0 Å². The molecule has 1 aromatic carbocycles. The van der Waals surface area contributed by atoms with E-state index in [1.807, 2.05) is 23.2 Å². The summed E-state index contributed by atoms with van der Waals surface area (Å²) in [4.78, 5) is 17.8. The predicted octanol–water partition coefficient (Wildman–Crippen LogP) is 4.41. The summed E-state index contributed by atoms with van der Waals surface area (Å²) in [6, 6.07) is 9.46. The number of likely N-dealkylation sites (tertiary alicyclic amines) is 1. The summed E-state index contributed by atoms with van der Waals surface area (Å²) >= 11 is 9.35. The fraction of sp³-hybridized carbons (Fsp3) is 0.267. The maximum absolute atomic E-state index is 12.7. The lowest BCUT2D eigenvalue weighted by Crippen LogP contribution is -2.30. The molecule has 1 fully saturated rings. The highest BCUT2D eigenvalue weighted by Gasteiger charge is 2.31. The lowest BCUT2D eigenvalue weighted by atomic mass is 10.1. The summed E-state index contributed by atoms with van der Waals surface area (Å²) in [6.45, 7) is 0.794. The maximum atomic E-state index is 12.7. The van der Waals surface area contributed by atoms with Crippen molar-refractivity contribution in [3.8, 4) is 0 Å². The van der Waals surface area contributed by atoms with Crippen LogP contribution in [0.3, 0.4) is 0 Å². The first kappa shape index (κ1) is 13.7. The van der Waals surface area contributed by atoms with Crippen molar-refractivity contribution >= 4 is 33.4 Å². The number of hydrogen-bond acceptors (Lipinski definition) is 1. The van der Waals surface area contributed by atoms with Gasteiger partial charge in [-0.25, -0.2) is 0 Å². The Balaban J connectivity index is 1.87. The summed E-state index contributed by atoms with van der Waals surface area (Å²) in [5.41, 5.74) is 1.77. The van der Waals surface area contributed by atoms with Crippen molar-refractivity contribution in [3.63, 3.8) is 0 Å². The van der Waals surface area contributed by atoms with Crippen molar-refractivity contribution in [1.29, 1.82) is 0 Å². The van der Waals surface area contributed by atoms with Crippen LogP contribution in [0.2, 0.25) is 5.02 Å². The fourth-order valence-corrected chi connectivity index (χ4v) is 3.18. The minimum Gasteiger partial charge on any atom is -0.363 e. The van der Waals surface area contributed by atoms with E-state index < -0.39 is 0 Å². The van der Waals surface area contributed by atoms with E-state index in [1.54, 1.807) is 18.2 Å². The number of halogens is 2. The molecule has 0 aliphatic carbocycles. The van der Waals surface area contributed by atoms with Gasteiger partial charge in [0.25, 0.3) is 5.91 Å². The third-order valence-electron chi connectivity index (χ3n) is 3.66. The van der Waals surface area contributed by atoms with Crippen LogP contribution in [0.5, 0.6) is 0 Å². The third kappa shape index (κ3) is 2.50. The molecule has 1 aliphatic rings. The van der Waals surface area contributed by atoms with Crippen molar-refractivity contribution in [2.24, 2.45) is 0 Å². The number of aromatic amines is 1. The van der Waals surface area contributed by atoms with Crippen molar-refractivity contribution in [3.05, 3.63) is 57.3 Å². The highest BCUT2D eigenvalue weighted by Crippen LogP contribution is 2.33. The quantitative estimate of drug-likeness (QED) is 0.853. The topological polar surface area (TPSA) is 36.1 Å². The second-order valence-electron chi connectivity index (χ2n) is 4.91. The van der Waals surface area contributed by atoms with E-state index in [0.717, 1.165) is 29.6 Å². The van der Waals surface area contributed by atoms with E-state index in [-0.39, 0.29) is 11.9 Å². The molecule has 1 aliphatic heterocycles. The molecule has 5 heteroatoms. The van der Waals surface area contributed by atoms with Crippen LogP contribution in [-0.4, -0.2) is 22.3 Å². The minimum absolute atomic E-state index is 0.0551. The number of nitrogens with one attached hydrogen (secondary N) is 1. The highest BCUT2D eigenvalue weighted by atomic mass is 79.9. The Morgan fingerprint density at radius 2 is 2.25 bits per heavy atom. The Hall–Kier alpha value is -1.26. The van der Waals surface area contributed by atoms with Crippen LogP contribution >= 0.6 is 27.5 Å². The zero-order chi connectivity index (χ0) is 14.1. The number of amides is 1. The largest absolute Gasteiger partial charge is 0.363 e. The van der Waals surface area contributed by atoms with E-state index in [9.17, 15) is 4.79 Å². The summed E-state index contributed by atoms with van der Waals surface area (Å²) < 4.78 is 0.751. The average molecular weight is 354 g/mol. The number of rotatable bonds is 2. The van der Waals surface area contributed by atoms with Gasteiger partial charge in [-0.15, -0.1) is 0 Å². The molecule has 1 unspecified atom stereocenters. The number of carbonyl (C=O) groups is 1. The van der Waals surface area contributed by atoms with Crippen LogP contribution < -0.4 is 0 Å². The molecule has 0 bridgehead atoms. The highest BCUT2D eigenvalue weighted by molar-refractivity contribution is 9.10. The molecule has 0 radical (unpaired) electrons. The van der Waals surface area contributed by atoms with Gasteiger partial charge in [-0.05, 0) is 59.1 Å². The van der Waals surface area contributed by atoms with Crippen molar-refractivity contribution in [2.45, 2.75) is 18.9 Å². The van der Waals surface area contributed by atoms with Crippen LogP contribution in [0.15, 0.2) is 41.0 Å². The van der Waals surface area contributed by atoms with Gasteiger partial charge in [-0.3, -0.25) is 4.79 Å². The van der Waals surface area contributed by atoms with Gasteiger partial charge in [-0.1, -0.05) is 11.6 Å². The molecule has 1 amide bonds. The first-order valence-corrected chi connectivity index (χ1v) is 7.73. The maximum Gasteiger partial charge on any atom is 0.254 e. The molecule has 1 N–H and O–H groups in total. The van der Waals surface area contributed by atoms with Gasteiger partial charge in [0.15, 0.2) is 0 Å². The van der Waals surface area contributed by atoms with Crippen LogP contribution in [0, 0.1) is 0 Å². The lowest BCUT2D eigenvalue weighted by molar-refractivity contribution is 0.0733. The molecule has 0 spiro atoms. The van der Waals surface area contributed by atoms with Gasteiger partial charge in [0, 0.05) is 28.5 Å². The first-order valence-electron chi connectivity index (χ1n) is 6.56. The molecular formula is C15H14BrClN2O. The smallest absolute Gasteiger partial charge is 0.254 e. The Morgan fingerprint density at radius 1 is 1.40 bits per heavy atom. The molecular weight excluding hydrogens is 340 g/mol. The second-order valence-corrected chi connectivity index (χ2v) is 6.17. The van der Waals surface area contributed by atoms with E-state index in [1.165, 1.54) is 0 Å². The molecule has 3 rings (SSSR count). The molecule has 1 saturated heterocycles. The molecule has 2 aromatic rings. The molecule has 104 valence electrons.